The molecule has 1 saturated heterocycles. The van der Waals surface area contributed by atoms with Crippen LogP contribution in [0.15, 0.2) is 48.7 Å². The number of amides is 2. The summed E-state index contributed by atoms with van der Waals surface area (Å²) in [5, 5.41) is 7.14. The number of carbonyl (C=O) groups excluding carboxylic acids is 2. The lowest BCUT2D eigenvalue weighted by atomic mass is 9.90. The van der Waals surface area contributed by atoms with Gasteiger partial charge in [-0.2, -0.15) is 18.3 Å². The third kappa shape index (κ3) is 6.61. The fraction of sp³-hybridized carbons (Fsp3) is 0.414. The van der Waals surface area contributed by atoms with Crippen LogP contribution in [0.3, 0.4) is 0 Å². The van der Waals surface area contributed by atoms with Crippen molar-refractivity contribution in [2.75, 3.05) is 18.4 Å². The van der Waals surface area contributed by atoms with E-state index in [2.05, 4.69) is 10.4 Å². The van der Waals surface area contributed by atoms with Crippen LogP contribution in [0, 0.1) is 13.8 Å². The van der Waals surface area contributed by atoms with E-state index in [9.17, 15) is 22.8 Å². The van der Waals surface area contributed by atoms with Crippen molar-refractivity contribution in [3.8, 4) is 5.69 Å². The van der Waals surface area contributed by atoms with Crippen molar-refractivity contribution in [2.24, 2.45) is 0 Å². The standard InChI is InChI=1S/C29H33F3N4O3/c1-18-9-10-23(15-19(18)2)36-25(20-11-13-35(14-12-20)27(38)39-28(3,4)5)24(17-33-36)26(37)34-22-8-6-7-21(16-22)29(30,31)32/h6-10,15-17,20H,11-14H2,1-5H3,(H,34,37). The van der Waals surface area contributed by atoms with E-state index in [-0.39, 0.29) is 23.3 Å². The van der Waals surface area contributed by atoms with Crippen LogP contribution in [0.5, 0.6) is 0 Å². The molecule has 0 spiro atoms. The summed E-state index contributed by atoms with van der Waals surface area (Å²) >= 11 is 0. The summed E-state index contributed by atoms with van der Waals surface area (Å²) in [5.74, 6) is -0.663. The smallest absolute Gasteiger partial charge is 0.416 e. The molecule has 0 aliphatic carbocycles. The Morgan fingerprint density at radius 2 is 1.69 bits per heavy atom. The maximum Gasteiger partial charge on any atom is 0.416 e. The fourth-order valence-corrected chi connectivity index (χ4v) is 4.62. The highest BCUT2D eigenvalue weighted by Gasteiger charge is 2.33. The van der Waals surface area contributed by atoms with Crippen molar-refractivity contribution >= 4 is 17.7 Å². The molecule has 1 fully saturated rings. The number of benzene rings is 2. The van der Waals surface area contributed by atoms with Crippen LogP contribution in [0.2, 0.25) is 0 Å². The highest BCUT2D eigenvalue weighted by atomic mass is 19.4. The molecule has 1 N–H and O–H groups in total. The number of likely N-dealkylation sites (tertiary alicyclic amines) is 1. The Kier molecular flexibility index (Phi) is 7.77. The third-order valence-corrected chi connectivity index (χ3v) is 6.77. The molecule has 0 bridgehead atoms. The Balaban J connectivity index is 1.65. The number of aryl methyl sites for hydroxylation is 2. The predicted octanol–water partition coefficient (Wildman–Crippen LogP) is 6.87. The second-order valence-electron chi connectivity index (χ2n) is 10.9. The van der Waals surface area contributed by atoms with Gasteiger partial charge in [0.2, 0.25) is 0 Å². The zero-order valence-electron chi connectivity index (χ0n) is 22.7. The number of carbonyl (C=O) groups is 2. The molecule has 0 saturated carbocycles. The molecule has 1 aliphatic heterocycles. The number of hydrogen-bond donors (Lipinski definition) is 1. The molecule has 10 heteroatoms. The first-order valence-corrected chi connectivity index (χ1v) is 12.8. The molecular weight excluding hydrogens is 509 g/mol. The molecule has 2 aromatic carbocycles. The summed E-state index contributed by atoms with van der Waals surface area (Å²) in [4.78, 5) is 27.6. The molecule has 0 atom stereocenters. The zero-order chi connectivity index (χ0) is 28.5. The third-order valence-electron chi connectivity index (χ3n) is 6.77. The predicted molar refractivity (Wildman–Crippen MR) is 142 cm³/mol. The summed E-state index contributed by atoms with van der Waals surface area (Å²) in [6, 6.07) is 10.4. The zero-order valence-corrected chi connectivity index (χ0v) is 22.7. The average Bonchev–Trinajstić information content (AvgIpc) is 3.30. The molecule has 208 valence electrons. The van der Waals surface area contributed by atoms with E-state index in [4.69, 9.17) is 4.74 Å². The fourth-order valence-electron chi connectivity index (χ4n) is 4.62. The normalized spacial score (nSPS) is 14.8. The van der Waals surface area contributed by atoms with E-state index in [0.29, 0.717) is 31.6 Å². The van der Waals surface area contributed by atoms with Crippen molar-refractivity contribution in [3.05, 3.63) is 76.6 Å². The van der Waals surface area contributed by atoms with Crippen LogP contribution >= 0.6 is 0 Å². The van der Waals surface area contributed by atoms with Gasteiger partial charge in [-0.1, -0.05) is 12.1 Å². The summed E-state index contributed by atoms with van der Waals surface area (Å²) in [5.41, 5.74) is 2.48. The number of aromatic nitrogens is 2. The van der Waals surface area contributed by atoms with Crippen LogP contribution in [-0.4, -0.2) is 45.4 Å². The van der Waals surface area contributed by atoms with Gasteiger partial charge in [0.25, 0.3) is 5.91 Å². The number of anilines is 1. The first kappa shape index (κ1) is 28.2. The van der Waals surface area contributed by atoms with E-state index < -0.39 is 23.2 Å². The van der Waals surface area contributed by atoms with Gasteiger partial charge in [0.1, 0.15) is 5.60 Å². The van der Waals surface area contributed by atoms with E-state index in [1.807, 2.05) is 52.8 Å². The van der Waals surface area contributed by atoms with Gasteiger partial charge in [0.05, 0.1) is 28.7 Å². The SMILES string of the molecule is Cc1ccc(-n2ncc(C(=O)Nc3cccc(C(F)(F)F)c3)c2C2CCN(C(=O)OC(C)(C)C)CC2)cc1C. The van der Waals surface area contributed by atoms with Crippen LogP contribution in [0.1, 0.15) is 72.3 Å². The van der Waals surface area contributed by atoms with E-state index in [0.717, 1.165) is 28.9 Å². The van der Waals surface area contributed by atoms with Crippen molar-refractivity contribution in [1.82, 2.24) is 14.7 Å². The van der Waals surface area contributed by atoms with Gasteiger partial charge < -0.3 is 15.0 Å². The second-order valence-corrected chi connectivity index (χ2v) is 10.9. The van der Waals surface area contributed by atoms with Crippen molar-refractivity contribution in [2.45, 2.75) is 65.2 Å². The number of nitrogens with one attached hydrogen (secondary N) is 1. The summed E-state index contributed by atoms with van der Waals surface area (Å²) in [7, 11) is 0. The van der Waals surface area contributed by atoms with Gasteiger partial charge in [-0.05, 0) is 88.9 Å². The molecular formula is C29H33F3N4O3. The average molecular weight is 543 g/mol. The van der Waals surface area contributed by atoms with Crippen molar-refractivity contribution < 1.29 is 27.5 Å². The Hall–Kier alpha value is -3.82. The number of piperidine rings is 1. The lowest BCUT2D eigenvalue weighted by Gasteiger charge is -2.34. The Labute approximate surface area is 225 Å². The topological polar surface area (TPSA) is 76.5 Å². The van der Waals surface area contributed by atoms with Gasteiger partial charge in [-0.15, -0.1) is 0 Å². The minimum atomic E-state index is -4.53. The van der Waals surface area contributed by atoms with Crippen molar-refractivity contribution in [3.63, 3.8) is 0 Å². The minimum absolute atomic E-state index is 0.0412. The first-order chi connectivity index (χ1) is 18.2. The highest BCUT2D eigenvalue weighted by molar-refractivity contribution is 6.05. The lowest BCUT2D eigenvalue weighted by molar-refractivity contribution is -0.137. The van der Waals surface area contributed by atoms with Crippen LogP contribution < -0.4 is 5.32 Å². The Bertz CT molecular complexity index is 1370. The minimum Gasteiger partial charge on any atom is -0.444 e. The largest absolute Gasteiger partial charge is 0.444 e. The molecule has 0 radical (unpaired) electrons. The second kappa shape index (κ2) is 10.7. The molecule has 2 heterocycles. The summed E-state index contributed by atoms with van der Waals surface area (Å²) < 4.78 is 46.8. The molecule has 1 aliphatic rings. The summed E-state index contributed by atoms with van der Waals surface area (Å²) in [6.45, 7) is 10.3. The maximum atomic E-state index is 13.4. The Morgan fingerprint density at radius 3 is 2.31 bits per heavy atom. The highest BCUT2D eigenvalue weighted by Crippen LogP contribution is 2.34. The van der Waals surface area contributed by atoms with Gasteiger partial charge >= 0.3 is 12.3 Å². The monoisotopic (exact) mass is 542 g/mol. The molecule has 4 rings (SSSR count). The number of halogens is 3. The molecule has 3 aromatic rings. The quantitative estimate of drug-likeness (QED) is 0.390. The lowest BCUT2D eigenvalue weighted by Crippen LogP contribution is -2.41. The molecule has 7 nitrogen and oxygen atoms in total. The van der Waals surface area contributed by atoms with Gasteiger partial charge in [0.15, 0.2) is 0 Å². The number of rotatable bonds is 4. The molecule has 1 aromatic heterocycles. The number of ether oxygens (including phenoxy) is 1. The number of hydrogen-bond acceptors (Lipinski definition) is 4. The molecule has 0 unspecified atom stereocenters. The number of alkyl halides is 3. The molecule has 39 heavy (non-hydrogen) atoms. The van der Waals surface area contributed by atoms with E-state index in [1.165, 1.54) is 18.3 Å². The first-order valence-electron chi connectivity index (χ1n) is 12.8. The van der Waals surface area contributed by atoms with Gasteiger partial charge in [0, 0.05) is 24.7 Å². The van der Waals surface area contributed by atoms with E-state index in [1.54, 1.807) is 9.58 Å². The van der Waals surface area contributed by atoms with Gasteiger partial charge in [-0.3, -0.25) is 4.79 Å². The van der Waals surface area contributed by atoms with Gasteiger partial charge in [-0.25, -0.2) is 9.48 Å². The maximum absolute atomic E-state index is 13.4. The van der Waals surface area contributed by atoms with Crippen LogP contribution in [0.4, 0.5) is 23.7 Å². The molecule has 2 amide bonds. The summed E-state index contributed by atoms with van der Waals surface area (Å²) in [6.07, 6.45) is -2.32. The van der Waals surface area contributed by atoms with Crippen LogP contribution in [0.25, 0.3) is 5.69 Å². The van der Waals surface area contributed by atoms with E-state index >= 15 is 0 Å². The van der Waals surface area contributed by atoms with Crippen LogP contribution in [-0.2, 0) is 10.9 Å². The number of nitrogens with zero attached hydrogens (tertiary/aromatic N) is 3. The Morgan fingerprint density at radius 1 is 1.00 bits per heavy atom. The van der Waals surface area contributed by atoms with Crippen molar-refractivity contribution in [1.29, 1.82) is 0 Å².